The molecule has 0 spiro atoms. The van der Waals surface area contributed by atoms with Gasteiger partial charge in [-0.2, -0.15) is 0 Å². The van der Waals surface area contributed by atoms with E-state index in [9.17, 15) is 9.90 Å². The van der Waals surface area contributed by atoms with Gasteiger partial charge in [-0.05, 0) is 19.1 Å². The summed E-state index contributed by atoms with van der Waals surface area (Å²) in [6.07, 6.45) is 0. The molecule has 0 aliphatic carbocycles. The summed E-state index contributed by atoms with van der Waals surface area (Å²) < 4.78 is 0. The Morgan fingerprint density at radius 2 is 2.33 bits per heavy atom. The smallest absolute Gasteiger partial charge is 0.0878 e. The number of hydrogen-bond acceptors (Lipinski definition) is 2. The molecule has 9 heavy (non-hydrogen) atoms. The number of carbonyl (C=O) groups excluding carboxylic acids is 1. The average Bonchev–Trinajstić information content (AvgIpc) is 2.14. The number of H-pyrrole nitrogens is 1. The molecule has 3 heteroatoms. The van der Waals surface area contributed by atoms with Crippen LogP contribution in [0.3, 0.4) is 0 Å². The number of carboxylic acid groups (broad SMARTS) is 1. The van der Waals surface area contributed by atoms with Crippen molar-refractivity contribution in [2.24, 2.45) is 0 Å². The largest absolute Gasteiger partial charge is 0.543 e. The van der Waals surface area contributed by atoms with Crippen molar-refractivity contribution < 1.29 is 9.90 Å². The van der Waals surface area contributed by atoms with Crippen LogP contribution in [0.5, 0.6) is 0 Å². The molecule has 1 N–H and O–H groups in total. The van der Waals surface area contributed by atoms with Crippen molar-refractivity contribution in [1.82, 2.24) is 4.98 Å². The number of rotatable bonds is 1. The summed E-state index contributed by atoms with van der Waals surface area (Å²) in [5, 5.41) is 10.1. The molecule has 1 aromatic rings. The molecule has 0 aromatic carbocycles. The first-order valence-electron chi connectivity index (χ1n) is 2.57. The van der Waals surface area contributed by atoms with Crippen molar-refractivity contribution >= 4 is 5.97 Å². The van der Waals surface area contributed by atoms with Gasteiger partial charge in [-0.25, -0.2) is 0 Å². The first-order chi connectivity index (χ1) is 4.20. The topological polar surface area (TPSA) is 55.9 Å². The maximum atomic E-state index is 10.1. The van der Waals surface area contributed by atoms with E-state index < -0.39 is 5.97 Å². The molecular formula is C6H6NO2-. The molecule has 0 fully saturated rings. The van der Waals surface area contributed by atoms with Crippen LogP contribution < -0.4 is 5.11 Å². The van der Waals surface area contributed by atoms with Gasteiger partial charge >= 0.3 is 0 Å². The molecule has 1 heterocycles. The van der Waals surface area contributed by atoms with Crippen LogP contribution in [0.4, 0.5) is 0 Å². The molecule has 3 nitrogen and oxygen atoms in total. The first kappa shape index (κ1) is 5.88. The summed E-state index contributed by atoms with van der Waals surface area (Å²) in [4.78, 5) is 12.7. The number of aromatic nitrogens is 1. The van der Waals surface area contributed by atoms with E-state index in [1.54, 1.807) is 13.0 Å². The zero-order chi connectivity index (χ0) is 6.85. The number of carboxylic acids is 1. The third kappa shape index (κ3) is 1.10. The molecule has 1 aromatic heterocycles. The zero-order valence-electron chi connectivity index (χ0n) is 4.97. The fourth-order valence-corrected chi connectivity index (χ4v) is 0.623. The molecular weight excluding hydrogens is 118 g/mol. The van der Waals surface area contributed by atoms with Crippen molar-refractivity contribution in [2.75, 3.05) is 0 Å². The minimum absolute atomic E-state index is 0.132. The van der Waals surface area contributed by atoms with Gasteiger partial charge in [-0.3, -0.25) is 0 Å². The lowest BCUT2D eigenvalue weighted by Crippen LogP contribution is -2.22. The average molecular weight is 124 g/mol. The van der Waals surface area contributed by atoms with Gasteiger partial charge in [0.1, 0.15) is 0 Å². The minimum atomic E-state index is -1.16. The molecule has 0 amide bonds. The Bertz CT molecular complexity index is 227. The highest BCUT2D eigenvalue weighted by Gasteiger charge is 1.92. The number of carbonyl (C=O) groups is 1. The lowest BCUT2D eigenvalue weighted by Gasteiger charge is -1.94. The highest BCUT2D eigenvalue weighted by molar-refractivity contribution is 5.83. The van der Waals surface area contributed by atoms with Gasteiger partial charge in [-0.1, -0.05) is 0 Å². The molecule has 0 saturated heterocycles. The van der Waals surface area contributed by atoms with E-state index in [-0.39, 0.29) is 5.69 Å². The van der Waals surface area contributed by atoms with Gasteiger partial charge in [0, 0.05) is 5.69 Å². The van der Waals surface area contributed by atoms with E-state index in [1.165, 1.54) is 6.07 Å². The second-order valence-corrected chi connectivity index (χ2v) is 1.84. The van der Waals surface area contributed by atoms with Crippen molar-refractivity contribution in [3.8, 4) is 0 Å². The molecule has 0 saturated carbocycles. The van der Waals surface area contributed by atoms with Gasteiger partial charge in [0.25, 0.3) is 0 Å². The highest BCUT2D eigenvalue weighted by Crippen LogP contribution is 1.97. The van der Waals surface area contributed by atoms with Gasteiger partial charge in [-0.15, -0.1) is 0 Å². The Morgan fingerprint density at radius 3 is 2.56 bits per heavy atom. The quantitative estimate of drug-likeness (QED) is 0.558. The fourth-order valence-electron chi connectivity index (χ4n) is 0.623. The Hall–Kier alpha value is -1.25. The van der Waals surface area contributed by atoms with E-state index >= 15 is 0 Å². The third-order valence-electron chi connectivity index (χ3n) is 1.05. The maximum absolute atomic E-state index is 10.1. The molecule has 48 valence electrons. The fraction of sp³-hybridized carbons (Fsp3) is 0.167. The first-order valence-corrected chi connectivity index (χ1v) is 2.57. The molecule has 0 aliphatic rings. The van der Waals surface area contributed by atoms with E-state index in [0.29, 0.717) is 0 Å². The Morgan fingerprint density at radius 1 is 1.67 bits per heavy atom. The van der Waals surface area contributed by atoms with Crippen LogP contribution in [0, 0.1) is 6.92 Å². The zero-order valence-corrected chi connectivity index (χ0v) is 4.97. The van der Waals surface area contributed by atoms with Crippen LogP contribution in [0.1, 0.15) is 16.2 Å². The standard InChI is InChI=1S/C6H7NO2/c1-4-2-3-5(7-4)6(8)9/h2-3,7H,1H3,(H,8,9)/p-1. The number of nitrogens with one attached hydrogen (secondary N) is 1. The van der Waals surface area contributed by atoms with Crippen molar-refractivity contribution in [2.45, 2.75) is 6.92 Å². The predicted molar refractivity (Wildman–Crippen MR) is 29.9 cm³/mol. The summed E-state index contributed by atoms with van der Waals surface area (Å²) in [6.45, 7) is 1.78. The van der Waals surface area contributed by atoms with E-state index in [4.69, 9.17) is 0 Å². The van der Waals surface area contributed by atoms with E-state index in [2.05, 4.69) is 4.98 Å². The SMILES string of the molecule is Cc1ccc(C(=O)[O-])[nH]1. The normalized spacial score (nSPS) is 9.44. The third-order valence-corrected chi connectivity index (χ3v) is 1.05. The number of aryl methyl sites for hydroxylation is 1. The highest BCUT2D eigenvalue weighted by atomic mass is 16.4. The molecule has 0 bridgehead atoms. The Labute approximate surface area is 52.3 Å². The summed E-state index contributed by atoms with van der Waals surface area (Å²) in [7, 11) is 0. The Kier molecular flexibility index (Phi) is 1.26. The van der Waals surface area contributed by atoms with Crippen LogP contribution in [-0.4, -0.2) is 11.0 Å². The summed E-state index contributed by atoms with van der Waals surface area (Å²) >= 11 is 0. The molecule has 0 aliphatic heterocycles. The second-order valence-electron chi connectivity index (χ2n) is 1.84. The lowest BCUT2D eigenvalue weighted by atomic mass is 10.4. The van der Waals surface area contributed by atoms with E-state index in [0.717, 1.165) is 5.69 Å². The van der Waals surface area contributed by atoms with Crippen molar-refractivity contribution in [1.29, 1.82) is 0 Å². The van der Waals surface area contributed by atoms with Crippen LogP contribution in [-0.2, 0) is 0 Å². The van der Waals surface area contributed by atoms with E-state index in [1.807, 2.05) is 0 Å². The number of aromatic carboxylic acids is 1. The van der Waals surface area contributed by atoms with Gasteiger partial charge in [0.15, 0.2) is 0 Å². The summed E-state index contributed by atoms with van der Waals surface area (Å²) in [6, 6.07) is 3.16. The van der Waals surface area contributed by atoms with Crippen LogP contribution in [0.15, 0.2) is 12.1 Å². The van der Waals surface area contributed by atoms with Gasteiger partial charge < -0.3 is 14.9 Å². The van der Waals surface area contributed by atoms with Gasteiger partial charge in [0.05, 0.1) is 11.7 Å². The van der Waals surface area contributed by atoms with Crippen LogP contribution in [0.25, 0.3) is 0 Å². The maximum Gasteiger partial charge on any atom is 0.0878 e. The Balaban J connectivity index is 2.98. The number of aromatic amines is 1. The molecule has 0 atom stereocenters. The summed E-state index contributed by atoms with van der Waals surface area (Å²) in [5.74, 6) is -1.16. The predicted octanol–water partition coefficient (Wildman–Crippen LogP) is -0.313. The monoisotopic (exact) mass is 124 g/mol. The van der Waals surface area contributed by atoms with Crippen molar-refractivity contribution in [3.05, 3.63) is 23.5 Å². The molecule has 1 rings (SSSR count). The molecule has 0 unspecified atom stereocenters. The number of hydrogen-bond donors (Lipinski definition) is 1. The summed E-state index contributed by atoms with van der Waals surface area (Å²) in [5.41, 5.74) is 0.960. The van der Waals surface area contributed by atoms with Crippen molar-refractivity contribution in [3.63, 3.8) is 0 Å². The van der Waals surface area contributed by atoms with Gasteiger partial charge in [0.2, 0.25) is 0 Å². The second kappa shape index (κ2) is 1.93. The molecule has 0 radical (unpaired) electrons. The minimum Gasteiger partial charge on any atom is -0.543 e. The van der Waals surface area contributed by atoms with Crippen LogP contribution >= 0.6 is 0 Å². The van der Waals surface area contributed by atoms with Crippen LogP contribution in [0.2, 0.25) is 0 Å². The lowest BCUT2D eigenvalue weighted by molar-refractivity contribution is -0.255.